The average Bonchev–Trinajstić information content (AvgIpc) is 2.02. The Morgan fingerprint density at radius 1 is 1.33 bits per heavy atom. The van der Waals surface area contributed by atoms with E-state index >= 15 is 0 Å². The van der Waals surface area contributed by atoms with Gasteiger partial charge in [0.25, 0.3) is 0 Å². The molecule has 15 heavy (non-hydrogen) atoms. The van der Waals surface area contributed by atoms with Crippen molar-refractivity contribution in [2.45, 2.75) is 19.0 Å². The largest absolute Gasteiger partial charge is 0.463 e. The summed E-state index contributed by atoms with van der Waals surface area (Å²) in [6.45, 7) is 1.21. The van der Waals surface area contributed by atoms with Gasteiger partial charge in [0.05, 0.1) is 12.3 Å². The molecule has 0 heterocycles. The first-order valence-corrected chi connectivity index (χ1v) is 3.71. The number of alkyl halides is 5. The van der Waals surface area contributed by atoms with Crippen molar-refractivity contribution in [3.8, 4) is 0 Å². The van der Waals surface area contributed by atoms with Crippen LogP contribution in [0.1, 0.15) is 6.92 Å². The molecule has 0 aliphatic carbocycles. The molecule has 0 bridgehead atoms. The average molecular weight is 233 g/mol. The summed E-state index contributed by atoms with van der Waals surface area (Å²) >= 11 is 0. The van der Waals surface area contributed by atoms with Gasteiger partial charge in [0.1, 0.15) is 0 Å². The van der Waals surface area contributed by atoms with Gasteiger partial charge < -0.3 is 10.5 Å². The molecule has 2 N–H and O–H groups in total. The van der Waals surface area contributed by atoms with Crippen LogP contribution in [0.5, 0.6) is 0 Å². The van der Waals surface area contributed by atoms with Crippen molar-refractivity contribution in [3.05, 3.63) is 11.8 Å². The number of rotatable bonds is 3. The van der Waals surface area contributed by atoms with E-state index in [0.717, 1.165) is 0 Å². The van der Waals surface area contributed by atoms with Crippen molar-refractivity contribution in [2.24, 2.45) is 5.73 Å². The van der Waals surface area contributed by atoms with Crippen LogP contribution < -0.4 is 5.73 Å². The number of nitrogens with two attached hydrogens (primary N) is 1. The second-order valence-electron chi connectivity index (χ2n) is 2.42. The maximum Gasteiger partial charge on any atom is 0.459 e. The van der Waals surface area contributed by atoms with Crippen LogP contribution in [0.25, 0.3) is 0 Å². The Balaban J connectivity index is 4.84. The molecule has 0 aliphatic rings. The SMILES string of the molecule is CCOC(=O)/C=C(\N)C(F)(F)C(F)(F)F. The highest BCUT2D eigenvalue weighted by molar-refractivity contribution is 5.82. The summed E-state index contributed by atoms with van der Waals surface area (Å²) in [6.07, 6.45) is -5.92. The molecule has 0 aromatic carbocycles. The second-order valence-corrected chi connectivity index (χ2v) is 2.42. The van der Waals surface area contributed by atoms with Gasteiger partial charge in [0, 0.05) is 6.08 Å². The molecule has 0 aliphatic heterocycles. The van der Waals surface area contributed by atoms with E-state index in [2.05, 4.69) is 10.5 Å². The minimum absolute atomic E-state index is 0.0863. The fraction of sp³-hybridized carbons (Fsp3) is 0.571. The number of carbonyl (C=O) groups is 1. The number of hydrogen-bond donors (Lipinski definition) is 1. The lowest BCUT2D eigenvalue weighted by Gasteiger charge is -2.19. The standard InChI is InChI=1S/C7H8F5NO2/c1-2-15-5(14)3-4(13)6(8,9)7(10,11)12/h3H,2,13H2,1H3/b4-3-. The Hall–Kier alpha value is -1.34. The molecular weight excluding hydrogens is 225 g/mol. The molecule has 0 saturated carbocycles. The third-order valence-corrected chi connectivity index (χ3v) is 1.28. The zero-order valence-electron chi connectivity index (χ0n) is 7.57. The monoisotopic (exact) mass is 233 g/mol. The van der Waals surface area contributed by atoms with E-state index in [9.17, 15) is 26.7 Å². The van der Waals surface area contributed by atoms with E-state index in [4.69, 9.17) is 0 Å². The molecule has 0 spiro atoms. The van der Waals surface area contributed by atoms with Crippen LogP contribution in [0.4, 0.5) is 22.0 Å². The third-order valence-electron chi connectivity index (χ3n) is 1.28. The quantitative estimate of drug-likeness (QED) is 0.457. The van der Waals surface area contributed by atoms with Crippen LogP contribution in [-0.2, 0) is 9.53 Å². The van der Waals surface area contributed by atoms with E-state index in [1.807, 2.05) is 0 Å². The number of carbonyl (C=O) groups excluding carboxylic acids is 1. The fourth-order valence-electron chi connectivity index (χ4n) is 0.565. The molecule has 0 fully saturated rings. The molecule has 0 unspecified atom stereocenters. The minimum Gasteiger partial charge on any atom is -0.463 e. The summed E-state index contributed by atoms with van der Waals surface area (Å²) < 4.78 is 64.0. The van der Waals surface area contributed by atoms with Crippen LogP contribution in [-0.4, -0.2) is 24.7 Å². The highest BCUT2D eigenvalue weighted by Gasteiger charge is 2.59. The number of halogens is 5. The van der Waals surface area contributed by atoms with Gasteiger partial charge in [0.15, 0.2) is 0 Å². The highest BCUT2D eigenvalue weighted by atomic mass is 19.4. The van der Waals surface area contributed by atoms with Crippen molar-refractivity contribution in [2.75, 3.05) is 6.61 Å². The van der Waals surface area contributed by atoms with E-state index in [-0.39, 0.29) is 12.7 Å². The van der Waals surface area contributed by atoms with Crippen molar-refractivity contribution in [3.63, 3.8) is 0 Å². The first kappa shape index (κ1) is 13.7. The van der Waals surface area contributed by atoms with Gasteiger partial charge in [-0.1, -0.05) is 0 Å². The predicted molar refractivity (Wildman–Crippen MR) is 39.9 cm³/mol. The van der Waals surface area contributed by atoms with Crippen molar-refractivity contribution in [1.29, 1.82) is 0 Å². The maximum absolute atomic E-state index is 12.4. The molecular formula is C7H8F5NO2. The van der Waals surface area contributed by atoms with Crippen LogP contribution in [0.3, 0.4) is 0 Å². The van der Waals surface area contributed by atoms with Gasteiger partial charge >= 0.3 is 18.1 Å². The lowest BCUT2D eigenvalue weighted by Crippen LogP contribution is -2.41. The predicted octanol–water partition coefficient (Wildman–Crippen LogP) is 1.59. The summed E-state index contributed by atoms with van der Waals surface area (Å²) in [5.41, 5.74) is 2.56. The van der Waals surface area contributed by atoms with Crippen LogP contribution in [0.15, 0.2) is 11.8 Å². The minimum atomic E-state index is -5.83. The molecule has 0 rings (SSSR count). The topological polar surface area (TPSA) is 52.3 Å². The maximum atomic E-state index is 12.4. The molecule has 0 amide bonds. The summed E-state index contributed by atoms with van der Waals surface area (Å²) in [5, 5.41) is 0. The van der Waals surface area contributed by atoms with Crippen LogP contribution in [0, 0.1) is 0 Å². The smallest absolute Gasteiger partial charge is 0.459 e. The van der Waals surface area contributed by atoms with Crippen molar-refractivity contribution in [1.82, 2.24) is 0 Å². The molecule has 0 aromatic rings. The molecule has 88 valence electrons. The first-order chi connectivity index (χ1) is 6.63. The van der Waals surface area contributed by atoms with E-state index in [1.54, 1.807) is 0 Å². The van der Waals surface area contributed by atoms with Gasteiger partial charge in [-0.25, -0.2) is 4.79 Å². The van der Waals surface area contributed by atoms with Gasteiger partial charge in [-0.15, -0.1) is 0 Å². The molecule has 0 aromatic heterocycles. The lowest BCUT2D eigenvalue weighted by atomic mass is 10.2. The first-order valence-electron chi connectivity index (χ1n) is 3.71. The fourth-order valence-corrected chi connectivity index (χ4v) is 0.565. The molecule has 0 atom stereocenters. The molecule has 0 radical (unpaired) electrons. The molecule has 3 nitrogen and oxygen atoms in total. The summed E-state index contributed by atoms with van der Waals surface area (Å²) in [5.74, 6) is -6.58. The van der Waals surface area contributed by atoms with Gasteiger partial charge in [-0.2, -0.15) is 22.0 Å². The van der Waals surface area contributed by atoms with Crippen molar-refractivity contribution >= 4 is 5.97 Å². The molecule has 8 heteroatoms. The van der Waals surface area contributed by atoms with Gasteiger partial charge in [0.2, 0.25) is 0 Å². The van der Waals surface area contributed by atoms with Crippen LogP contribution in [0.2, 0.25) is 0 Å². The van der Waals surface area contributed by atoms with E-state index < -0.39 is 23.8 Å². The summed E-state index contributed by atoms with van der Waals surface area (Å²) in [4.78, 5) is 10.5. The Morgan fingerprint density at radius 2 is 1.80 bits per heavy atom. The highest BCUT2D eigenvalue weighted by Crippen LogP contribution is 2.38. The number of ether oxygens (including phenoxy) is 1. The number of hydrogen-bond acceptors (Lipinski definition) is 3. The summed E-state index contributed by atoms with van der Waals surface area (Å²) in [7, 11) is 0. The molecule has 0 saturated heterocycles. The lowest BCUT2D eigenvalue weighted by molar-refractivity contribution is -0.264. The summed E-state index contributed by atoms with van der Waals surface area (Å²) in [6, 6.07) is 0. The normalized spacial score (nSPS) is 13.9. The third kappa shape index (κ3) is 3.37. The Bertz CT molecular complexity index is 271. The van der Waals surface area contributed by atoms with Gasteiger partial charge in [-0.3, -0.25) is 0 Å². The zero-order valence-corrected chi connectivity index (χ0v) is 7.57. The van der Waals surface area contributed by atoms with E-state index in [0.29, 0.717) is 0 Å². The number of allylic oxidation sites excluding steroid dienone is 1. The van der Waals surface area contributed by atoms with Crippen molar-refractivity contribution < 1.29 is 31.5 Å². The Labute approximate surface area is 81.7 Å². The Kier molecular flexibility index (Phi) is 4.06. The second kappa shape index (κ2) is 4.45. The zero-order chi connectivity index (χ0) is 12.3. The van der Waals surface area contributed by atoms with E-state index in [1.165, 1.54) is 6.92 Å². The van der Waals surface area contributed by atoms with Crippen LogP contribution >= 0.6 is 0 Å². The number of esters is 1. The van der Waals surface area contributed by atoms with Gasteiger partial charge in [-0.05, 0) is 6.92 Å². The Morgan fingerprint density at radius 3 is 2.13 bits per heavy atom.